The van der Waals surface area contributed by atoms with Crippen molar-refractivity contribution in [1.82, 2.24) is 49.5 Å². The van der Waals surface area contributed by atoms with E-state index in [1.165, 1.54) is 26.6 Å². The third-order valence-electron chi connectivity index (χ3n) is 9.53. The van der Waals surface area contributed by atoms with Crippen LogP contribution in [0.2, 0.25) is 0 Å². The standard InChI is InChI=1S/2C17H18BN5O4/c2*1-22-9-15(20-21-22)12-7-13(12)16-14(17(24)27-2)8-19-23(16)11-5-3-4-10(6-11)18(25)26/h2*3-6,8-9,12-13,25-26H,7H2,1-2H3/t2*12-,13-/m10/s1. The monoisotopic (exact) mass is 734 g/mol. The molecule has 2 fully saturated rings. The van der Waals surface area contributed by atoms with Crippen LogP contribution in [0.25, 0.3) is 11.4 Å². The normalized spacial score (nSPS) is 18.4. The molecule has 20 heteroatoms. The van der Waals surface area contributed by atoms with Crippen molar-refractivity contribution in [3.05, 3.63) is 107 Å². The van der Waals surface area contributed by atoms with Gasteiger partial charge in [0.2, 0.25) is 0 Å². The fraction of sp³-hybridized carbons (Fsp3) is 0.294. The number of esters is 2. The van der Waals surface area contributed by atoms with Crippen LogP contribution in [0.3, 0.4) is 0 Å². The lowest BCUT2D eigenvalue weighted by molar-refractivity contribution is 0.0590. The molecular weight excluding hydrogens is 698 g/mol. The summed E-state index contributed by atoms with van der Waals surface area (Å²) in [5.74, 6) is -0.547. The fourth-order valence-electron chi connectivity index (χ4n) is 6.73. The van der Waals surface area contributed by atoms with Crippen molar-refractivity contribution in [1.29, 1.82) is 0 Å². The Balaban J connectivity index is 0.000000167. The summed E-state index contributed by atoms with van der Waals surface area (Å²) in [6.45, 7) is 0. The number of aromatic nitrogens is 10. The summed E-state index contributed by atoms with van der Waals surface area (Å²) in [5.41, 5.74) is 5.92. The van der Waals surface area contributed by atoms with Gasteiger partial charge in [-0.2, -0.15) is 10.2 Å². The average molecular weight is 734 g/mol. The number of carbonyl (C=O) groups excluding carboxylic acids is 2. The molecule has 276 valence electrons. The molecule has 0 spiro atoms. The predicted octanol–water partition coefficient (Wildman–Crippen LogP) is -0.523. The molecular formula is C34H36B2N10O8. The van der Waals surface area contributed by atoms with Crippen molar-refractivity contribution < 1.29 is 39.2 Å². The number of benzene rings is 2. The molecule has 0 radical (unpaired) electrons. The highest BCUT2D eigenvalue weighted by Crippen LogP contribution is 2.56. The SMILES string of the molecule is COC(=O)c1cnn(-c2cccc(B(O)O)c2)c1[C@@H]1C[C@H]1c1cn(C)nn1.COC(=O)c1cnn(-c2cccc(B(O)O)c2)c1[C@H]1C[C@@H]1c1cn(C)nn1. The van der Waals surface area contributed by atoms with Crippen molar-refractivity contribution in [3.8, 4) is 11.4 Å². The highest BCUT2D eigenvalue weighted by molar-refractivity contribution is 6.59. The van der Waals surface area contributed by atoms with Gasteiger partial charge in [0.05, 0.1) is 60.8 Å². The molecule has 0 bridgehead atoms. The molecule has 18 nitrogen and oxygen atoms in total. The van der Waals surface area contributed by atoms with E-state index in [1.54, 1.807) is 67.3 Å². The number of aryl methyl sites for hydroxylation is 2. The van der Waals surface area contributed by atoms with E-state index >= 15 is 0 Å². The molecule has 8 rings (SSSR count). The summed E-state index contributed by atoms with van der Waals surface area (Å²) in [6.07, 6.45) is 8.33. The number of hydrogen-bond donors (Lipinski definition) is 4. The number of nitrogens with zero attached hydrogens (tertiary/aromatic N) is 10. The van der Waals surface area contributed by atoms with Gasteiger partial charge in [-0.3, -0.25) is 9.36 Å². The Morgan fingerprint density at radius 1 is 0.667 bits per heavy atom. The third kappa shape index (κ3) is 7.18. The minimum atomic E-state index is -1.59. The van der Waals surface area contributed by atoms with Crippen molar-refractivity contribution in [2.24, 2.45) is 14.1 Å². The van der Waals surface area contributed by atoms with Gasteiger partial charge < -0.3 is 29.6 Å². The molecule has 2 aromatic carbocycles. The van der Waals surface area contributed by atoms with Crippen LogP contribution in [-0.2, 0) is 23.6 Å². The Labute approximate surface area is 308 Å². The van der Waals surface area contributed by atoms with Gasteiger partial charge in [-0.25, -0.2) is 19.0 Å². The Morgan fingerprint density at radius 2 is 1.07 bits per heavy atom. The second kappa shape index (κ2) is 14.8. The predicted molar refractivity (Wildman–Crippen MR) is 192 cm³/mol. The molecule has 4 atom stereocenters. The summed E-state index contributed by atoms with van der Waals surface area (Å²) < 4.78 is 16.4. The van der Waals surface area contributed by atoms with Crippen molar-refractivity contribution in [3.63, 3.8) is 0 Å². The Kier molecular flexibility index (Phi) is 9.99. The van der Waals surface area contributed by atoms with E-state index < -0.39 is 26.2 Å². The molecule has 0 saturated heterocycles. The average Bonchev–Trinajstić information content (AvgIpc) is 3.84. The van der Waals surface area contributed by atoms with E-state index in [-0.39, 0.29) is 23.7 Å². The van der Waals surface area contributed by atoms with E-state index in [4.69, 9.17) is 9.47 Å². The van der Waals surface area contributed by atoms with Gasteiger partial charge in [-0.05, 0) is 48.0 Å². The van der Waals surface area contributed by atoms with Crippen LogP contribution in [0.5, 0.6) is 0 Å². The highest BCUT2D eigenvalue weighted by Gasteiger charge is 2.47. The number of rotatable bonds is 10. The lowest BCUT2D eigenvalue weighted by atomic mass is 9.80. The zero-order chi connectivity index (χ0) is 38.3. The summed E-state index contributed by atoms with van der Waals surface area (Å²) in [5, 5.41) is 62.8. The molecule has 4 heterocycles. The zero-order valence-electron chi connectivity index (χ0n) is 29.7. The summed E-state index contributed by atoms with van der Waals surface area (Å²) in [4.78, 5) is 24.5. The summed E-state index contributed by atoms with van der Waals surface area (Å²) >= 11 is 0. The van der Waals surface area contributed by atoms with E-state index in [2.05, 4.69) is 30.8 Å². The smallest absolute Gasteiger partial charge is 0.465 e. The van der Waals surface area contributed by atoms with E-state index in [1.807, 2.05) is 26.5 Å². The van der Waals surface area contributed by atoms with Gasteiger partial charge in [0.1, 0.15) is 11.1 Å². The van der Waals surface area contributed by atoms with Gasteiger partial charge in [0.25, 0.3) is 0 Å². The van der Waals surface area contributed by atoms with E-state index in [9.17, 15) is 29.7 Å². The number of ether oxygens (including phenoxy) is 2. The fourth-order valence-corrected chi connectivity index (χ4v) is 6.73. The maximum Gasteiger partial charge on any atom is 0.488 e. The second-order valence-electron chi connectivity index (χ2n) is 13.2. The van der Waals surface area contributed by atoms with Crippen LogP contribution in [-0.4, -0.2) is 110 Å². The molecule has 4 N–H and O–H groups in total. The molecule has 0 amide bonds. The van der Waals surface area contributed by atoms with Crippen LogP contribution in [0.15, 0.2) is 73.3 Å². The van der Waals surface area contributed by atoms with Crippen LogP contribution in [0.1, 0.15) is 80.0 Å². The second-order valence-corrected chi connectivity index (χ2v) is 13.2. The van der Waals surface area contributed by atoms with Gasteiger partial charge in [0.15, 0.2) is 0 Å². The first-order valence-corrected chi connectivity index (χ1v) is 17.0. The Morgan fingerprint density at radius 3 is 1.41 bits per heavy atom. The molecule has 6 aromatic rings. The quantitative estimate of drug-likeness (QED) is 0.103. The van der Waals surface area contributed by atoms with Gasteiger partial charge >= 0.3 is 26.2 Å². The first-order valence-electron chi connectivity index (χ1n) is 17.0. The van der Waals surface area contributed by atoms with Crippen LogP contribution in [0.4, 0.5) is 0 Å². The minimum Gasteiger partial charge on any atom is -0.465 e. The van der Waals surface area contributed by atoms with Gasteiger partial charge in [-0.1, -0.05) is 34.7 Å². The zero-order valence-corrected chi connectivity index (χ0v) is 29.7. The Hall–Kier alpha value is -5.95. The number of methoxy groups -OCH3 is 2. The number of carbonyl (C=O) groups is 2. The largest absolute Gasteiger partial charge is 0.488 e. The topological polar surface area (TPSA) is 231 Å². The van der Waals surface area contributed by atoms with Crippen molar-refractivity contribution in [2.75, 3.05) is 14.2 Å². The molecule has 2 aliphatic rings. The maximum atomic E-state index is 12.2. The lowest BCUT2D eigenvalue weighted by Gasteiger charge is -2.10. The van der Waals surface area contributed by atoms with E-state index in [0.717, 1.165) is 35.6 Å². The first-order chi connectivity index (χ1) is 26.0. The van der Waals surface area contributed by atoms with Gasteiger partial charge in [-0.15, -0.1) is 10.2 Å². The lowest BCUT2D eigenvalue weighted by Crippen LogP contribution is -2.30. The highest BCUT2D eigenvalue weighted by atomic mass is 16.5. The maximum absolute atomic E-state index is 12.2. The summed E-state index contributed by atoms with van der Waals surface area (Å²) in [6, 6.07) is 13.5. The van der Waals surface area contributed by atoms with Crippen molar-refractivity contribution >= 4 is 37.1 Å². The molecule has 0 unspecified atom stereocenters. The summed E-state index contributed by atoms with van der Waals surface area (Å²) in [7, 11) is 3.11. The van der Waals surface area contributed by atoms with E-state index in [0.29, 0.717) is 33.4 Å². The van der Waals surface area contributed by atoms with Crippen LogP contribution >= 0.6 is 0 Å². The molecule has 2 saturated carbocycles. The molecule has 0 aliphatic heterocycles. The number of hydrogen-bond acceptors (Lipinski definition) is 14. The van der Waals surface area contributed by atoms with Crippen LogP contribution < -0.4 is 10.9 Å². The first kappa shape index (κ1) is 36.4. The molecule has 4 aromatic heterocycles. The Bertz CT molecular complexity index is 2160. The van der Waals surface area contributed by atoms with Gasteiger partial charge in [0, 0.05) is 50.2 Å². The van der Waals surface area contributed by atoms with Crippen LogP contribution in [0, 0.1) is 0 Å². The third-order valence-corrected chi connectivity index (χ3v) is 9.53. The molecule has 2 aliphatic carbocycles. The van der Waals surface area contributed by atoms with Crippen molar-refractivity contribution in [2.45, 2.75) is 36.5 Å². The molecule has 54 heavy (non-hydrogen) atoms. The minimum absolute atomic E-state index is 0.0426.